The molecule has 1 N–H and O–H groups in total. The Morgan fingerprint density at radius 2 is 2.31 bits per heavy atom. The molecule has 0 amide bonds. The van der Waals surface area contributed by atoms with Crippen LogP contribution in [0.25, 0.3) is 0 Å². The van der Waals surface area contributed by atoms with Crippen molar-refractivity contribution < 1.29 is 4.74 Å². The topological polar surface area (TPSA) is 24.5 Å². The first-order valence-electron chi connectivity index (χ1n) is 6.37. The molecule has 96 valence electrons. The number of likely N-dealkylation sites (N-methyl/N-ethyl adjacent to an activating group) is 1. The van der Waals surface area contributed by atoms with Crippen molar-refractivity contribution >= 4 is 11.8 Å². The lowest BCUT2D eigenvalue weighted by atomic mass is 10.2. The second kappa shape index (κ2) is 8.34. The van der Waals surface area contributed by atoms with Gasteiger partial charge < -0.3 is 10.1 Å². The molecule has 16 heavy (non-hydrogen) atoms. The van der Waals surface area contributed by atoms with E-state index in [0.717, 1.165) is 24.9 Å². The van der Waals surface area contributed by atoms with Crippen molar-refractivity contribution in [1.82, 2.24) is 10.2 Å². The SMILES string of the molecule is CCNCC(COC)N1CCSC(CC)C1. The number of rotatable bonds is 7. The van der Waals surface area contributed by atoms with Gasteiger partial charge in [-0.05, 0) is 13.0 Å². The highest BCUT2D eigenvalue weighted by atomic mass is 32.2. The van der Waals surface area contributed by atoms with Crippen molar-refractivity contribution in [3.63, 3.8) is 0 Å². The van der Waals surface area contributed by atoms with Gasteiger partial charge in [-0.1, -0.05) is 13.8 Å². The zero-order valence-electron chi connectivity index (χ0n) is 10.9. The standard InChI is InChI=1S/C12H26N2OS/c1-4-12-9-14(6-7-16-12)11(10-15-3)8-13-5-2/h11-13H,4-10H2,1-3H3. The Bertz CT molecular complexity index is 178. The maximum absolute atomic E-state index is 5.33. The third kappa shape index (κ3) is 4.62. The average Bonchev–Trinajstić information content (AvgIpc) is 2.34. The first-order valence-corrected chi connectivity index (χ1v) is 7.42. The lowest BCUT2D eigenvalue weighted by Gasteiger charge is -2.37. The number of ether oxygens (including phenoxy) is 1. The fourth-order valence-electron chi connectivity index (χ4n) is 2.12. The summed E-state index contributed by atoms with van der Waals surface area (Å²) >= 11 is 2.12. The Morgan fingerprint density at radius 1 is 1.50 bits per heavy atom. The van der Waals surface area contributed by atoms with E-state index in [1.54, 1.807) is 7.11 Å². The van der Waals surface area contributed by atoms with Gasteiger partial charge in [0.15, 0.2) is 0 Å². The van der Waals surface area contributed by atoms with Crippen LogP contribution in [0.4, 0.5) is 0 Å². The van der Waals surface area contributed by atoms with Crippen molar-refractivity contribution in [2.24, 2.45) is 0 Å². The predicted octanol–water partition coefficient (Wildman–Crippen LogP) is 1.44. The third-order valence-corrected chi connectivity index (χ3v) is 4.50. The maximum Gasteiger partial charge on any atom is 0.0630 e. The van der Waals surface area contributed by atoms with E-state index in [9.17, 15) is 0 Å². The summed E-state index contributed by atoms with van der Waals surface area (Å²) in [6.45, 7) is 9.81. The highest BCUT2D eigenvalue weighted by Gasteiger charge is 2.24. The van der Waals surface area contributed by atoms with Crippen LogP contribution in [0.2, 0.25) is 0 Å². The largest absolute Gasteiger partial charge is 0.383 e. The summed E-state index contributed by atoms with van der Waals surface area (Å²) in [7, 11) is 1.80. The summed E-state index contributed by atoms with van der Waals surface area (Å²) < 4.78 is 5.33. The van der Waals surface area contributed by atoms with Gasteiger partial charge >= 0.3 is 0 Å². The molecule has 2 atom stereocenters. The van der Waals surface area contributed by atoms with E-state index in [0.29, 0.717) is 6.04 Å². The molecular weight excluding hydrogens is 220 g/mol. The highest BCUT2D eigenvalue weighted by molar-refractivity contribution is 8.00. The van der Waals surface area contributed by atoms with Gasteiger partial charge in [0.25, 0.3) is 0 Å². The molecule has 1 saturated heterocycles. The van der Waals surface area contributed by atoms with E-state index in [1.807, 2.05) is 0 Å². The van der Waals surface area contributed by atoms with Crippen molar-refractivity contribution in [2.45, 2.75) is 31.6 Å². The van der Waals surface area contributed by atoms with Gasteiger partial charge in [0.2, 0.25) is 0 Å². The fourth-order valence-corrected chi connectivity index (χ4v) is 3.32. The quantitative estimate of drug-likeness (QED) is 0.735. The molecule has 1 rings (SSSR count). The first kappa shape index (κ1) is 14.3. The van der Waals surface area contributed by atoms with Crippen molar-refractivity contribution in [1.29, 1.82) is 0 Å². The average molecular weight is 246 g/mol. The van der Waals surface area contributed by atoms with Crippen LogP contribution in [0.1, 0.15) is 20.3 Å². The van der Waals surface area contributed by atoms with E-state index in [-0.39, 0.29) is 0 Å². The molecule has 0 spiro atoms. The predicted molar refractivity (Wildman–Crippen MR) is 72.3 cm³/mol. The molecule has 0 aromatic heterocycles. The maximum atomic E-state index is 5.33. The first-order chi connectivity index (χ1) is 7.81. The van der Waals surface area contributed by atoms with Gasteiger partial charge in [-0.25, -0.2) is 0 Å². The third-order valence-electron chi connectivity index (χ3n) is 3.13. The monoisotopic (exact) mass is 246 g/mol. The lowest BCUT2D eigenvalue weighted by Crippen LogP contribution is -2.50. The molecule has 0 saturated carbocycles. The smallest absolute Gasteiger partial charge is 0.0630 e. The van der Waals surface area contributed by atoms with Crippen LogP contribution in [0, 0.1) is 0 Å². The van der Waals surface area contributed by atoms with Crippen LogP contribution in [-0.2, 0) is 4.74 Å². The highest BCUT2D eigenvalue weighted by Crippen LogP contribution is 2.22. The van der Waals surface area contributed by atoms with Gasteiger partial charge in [-0.3, -0.25) is 4.90 Å². The van der Waals surface area contributed by atoms with Gasteiger partial charge in [0.05, 0.1) is 6.61 Å². The Hall–Kier alpha value is 0.230. The number of hydrogen-bond donors (Lipinski definition) is 1. The van der Waals surface area contributed by atoms with Crippen molar-refractivity contribution in [2.75, 3.05) is 45.6 Å². The van der Waals surface area contributed by atoms with Crippen LogP contribution >= 0.6 is 11.8 Å². The second-order valence-electron chi connectivity index (χ2n) is 4.31. The zero-order valence-corrected chi connectivity index (χ0v) is 11.7. The fraction of sp³-hybridized carbons (Fsp3) is 1.00. The van der Waals surface area contributed by atoms with Gasteiger partial charge in [0.1, 0.15) is 0 Å². The summed E-state index contributed by atoms with van der Waals surface area (Å²) in [5.41, 5.74) is 0. The minimum atomic E-state index is 0.542. The molecule has 0 bridgehead atoms. The molecule has 1 fully saturated rings. The normalized spacial score (nSPS) is 24.6. The Morgan fingerprint density at radius 3 is 2.94 bits per heavy atom. The minimum Gasteiger partial charge on any atom is -0.383 e. The Kier molecular flexibility index (Phi) is 7.45. The van der Waals surface area contributed by atoms with Crippen LogP contribution in [0.15, 0.2) is 0 Å². The van der Waals surface area contributed by atoms with Crippen LogP contribution in [0.3, 0.4) is 0 Å². The van der Waals surface area contributed by atoms with E-state index < -0.39 is 0 Å². The van der Waals surface area contributed by atoms with Crippen LogP contribution < -0.4 is 5.32 Å². The van der Waals surface area contributed by atoms with E-state index >= 15 is 0 Å². The molecule has 1 aliphatic heterocycles. The lowest BCUT2D eigenvalue weighted by molar-refractivity contribution is 0.0912. The molecule has 2 unspecified atom stereocenters. The molecule has 0 aromatic rings. The Labute approximate surface area is 104 Å². The summed E-state index contributed by atoms with van der Waals surface area (Å²) in [6.07, 6.45) is 1.28. The molecule has 0 radical (unpaired) electrons. The van der Waals surface area contributed by atoms with Gasteiger partial charge in [-0.15, -0.1) is 0 Å². The number of nitrogens with zero attached hydrogens (tertiary/aromatic N) is 1. The summed E-state index contributed by atoms with van der Waals surface area (Å²) in [5.74, 6) is 1.27. The van der Waals surface area contributed by atoms with Gasteiger partial charge in [0, 0.05) is 43.8 Å². The van der Waals surface area contributed by atoms with E-state index in [1.165, 1.54) is 25.3 Å². The summed E-state index contributed by atoms with van der Waals surface area (Å²) in [5, 5.41) is 4.25. The Balaban J connectivity index is 2.41. The van der Waals surface area contributed by atoms with Crippen LogP contribution in [0.5, 0.6) is 0 Å². The van der Waals surface area contributed by atoms with Crippen molar-refractivity contribution in [3.05, 3.63) is 0 Å². The van der Waals surface area contributed by atoms with Gasteiger partial charge in [-0.2, -0.15) is 11.8 Å². The second-order valence-corrected chi connectivity index (χ2v) is 5.72. The molecule has 1 heterocycles. The zero-order chi connectivity index (χ0) is 11.8. The summed E-state index contributed by atoms with van der Waals surface area (Å²) in [4.78, 5) is 2.59. The summed E-state index contributed by atoms with van der Waals surface area (Å²) in [6, 6.07) is 0.542. The van der Waals surface area contributed by atoms with E-state index in [2.05, 4.69) is 35.8 Å². The molecule has 3 nitrogen and oxygen atoms in total. The molecule has 0 aromatic carbocycles. The molecular formula is C12H26N2OS. The van der Waals surface area contributed by atoms with E-state index in [4.69, 9.17) is 4.74 Å². The number of hydrogen-bond acceptors (Lipinski definition) is 4. The minimum absolute atomic E-state index is 0.542. The molecule has 1 aliphatic rings. The number of nitrogens with one attached hydrogen (secondary N) is 1. The molecule has 0 aliphatic carbocycles. The number of methoxy groups -OCH3 is 1. The number of thioether (sulfide) groups is 1. The van der Waals surface area contributed by atoms with Crippen molar-refractivity contribution in [3.8, 4) is 0 Å². The van der Waals surface area contributed by atoms with Crippen LogP contribution in [-0.4, -0.2) is 61.8 Å². The molecule has 4 heteroatoms.